The molecule has 6 nitrogen and oxygen atoms in total. The summed E-state index contributed by atoms with van der Waals surface area (Å²) in [4.78, 5) is 28.1. The predicted molar refractivity (Wildman–Crippen MR) is 83.7 cm³/mol. The standard InChI is InChI=1S/C15H17N5O/c1-8-9(2)16-14(20(3)4)18-12(8)10-6-5-7-11-13(10)19-15(21)17-11/h5-7H,1-4H3,(H2,17,19,21). The van der Waals surface area contributed by atoms with Crippen LogP contribution < -0.4 is 10.6 Å². The third kappa shape index (κ3) is 2.18. The minimum Gasteiger partial charge on any atom is -0.347 e. The molecule has 6 heteroatoms. The molecule has 0 bridgehead atoms. The van der Waals surface area contributed by atoms with Crippen molar-refractivity contribution in [2.75, 3.05) is 19.0 Å². The number of imidazole rings is 1. The number of nitrogens with one attached hydrogen (secondary N) is 2. The molecular weight excluding hydrogens is 266 g/mol. The van der Waals surface area contributed by atoms with Gasteiger partial charge in [-0.3, -0.25) is 0 Å². The number of aromatic nitrogens is 4. The van der Waals surface area contributed by atoms with Gasteiger partial charge in [-0.1, -0.05) is 12.1 Å². The van der Waals surface area contributed by atoms with Gasteiger partial charge in [0.25, 0.3) is 0 Å². The minimum absolute atomic E-state index is 0.214. The Hall–Kier alpha value is -2.63. The van der Waals surface area contributed by atoms with E-state index in [0.29, 0.717) is 5.95 Å². The number of hydrogen-bond donors (Lipinski definition) is 2. The van der Waals surface area contributed by atoms with E-state index in [4.69, 9.17) is 0 Å². The maximum Gasteiger partial charge on any atom is 0.323 e. The van der Waals surface area contributed by atoms with Crippen LogP contribution in [0.1, 0.15) is 11.3 Å². The van der Waals surface area contributed by atoms with Gasteiger partial charge < -0.3 is 14.9 Å². The van der Waals surface area contributed by atoms with Gasteiger partial charge in [-0.25, -0.2) is 14.8 Å². The molecule has 2 N–H and O–H groups in total. The van der Waals surface area contributed by atoms with Gasteiger partial charge in [0.2, 0.25) is 5.95 Å². The van der Waals surface area contributed by atoms with Crippen LogP contribution in [0.3, 0.4) is 0 Å². The molecule has 3 aromatic rings. The van der Waals surface area contributed by atoms with Crippen LogP contribution in [-0.2, 0) is 0 Å². The quantitative estimate of drug-likeness (QED) is 0.754. The van der Waals surface area contributed by atoms with E-state index in [2.05, 4.69) is 19.9 Å². The van der Waals surface area contributed by atoms with Crippen LogP contribution in [0.5, 0.6) is 0 Å². The number of nitrogens with zero attached hydrogens (tertiary/aromatic N) is 3. The number of benzene rings is 1. The molecule has 2 heterocycles. The summed E-state index contributed by atoms with van der Waals surface area (Å²) in [7, 11) is 3.82. The van der Waals surface area contributed by atoms with E-state index >= 15 is 0 Å². The highest BCUT2D eigenvalue weighted by atomic mass is 16.1. The topological polar surface area (TPSA) is 77.7 Å². The largest absolute Gasteiger partial charge is 0.347 e. The molecule has 0 amide bonds. The molecule has 108 valence electrons. The lowest BCUT2D eigenvalue weighted by Crippen LogP contribution is -2.14. The first-order valence-electron chi connectivity index (χ1n) is 6.71. The lowest BCUT2D eigenvalue weighted by molar-refractivity contribution is 0.967. The lowest BCUT2D eigenvalue weighted by atomic mass is 10.0. The highest BCUT2D eigenvalue weighted by Gasteiger charge is 2.14. The summed E-state index contributed by atoms with van der Waals surface area (Å²) >= 11 is 0. The Morgan fingerprint density at radius 2 is 1.86 bits per heavy atom. The van der Waals surface area contributed by atoms with Crippen molar-refractivity contribution in [2.45, 2.75) is 13.8 Å². The van der Waals surface area contributed by atoms with Crippen molar-refractivity contribution < 1.29 is 0 Å². The molecule has 0 aliphatic rings. The van der Waals surface area contributed by atoms with Gasteiger partial charge in [0.05, 0.1) is 16.7 Å². The maximum absolute atomic E-state index is 11.5. The Balaban J connectivity index is 2.34. The van der Waals surface area contributed by atoms with Crippen LogP contribution in [0.15, 0.2) is 23.0 Å². The molecule has 0 spiro atoms. The first-order valence-corrected chi connectivity index (χ1v) is 6.71. The van der Waals surface area contributed by atoms with Crippen LogP contribution in [0.25, 0.3) is 22.3 Å². The van der Waals surface area contributed by atoms with Crippen molar-refractivity contribution in [3.8, 4) is 11.3 Å². The molecule has 0 fully saturated rings. The fraction of sp³-hybridized carbons (Fsp3) is 0.267. The number of aryl methyl sites for hydroxylation is 1. The smallest absolute Gasteiger partial charge is 0.323 e. The van der Waals surface area contributed by atoms with E-state index in [1.54, 1.807) is 0 Å². The second-order valence-electron chi connectivity index (χ2n) is 5.28. The highest BCUT2D eigenvalue weighted by molar-refractivity contribution is 5.91. The number of rotatable bonds is 2. The average Bonchev–Trinajstić information content (AvgIpc) is 2.81. The molecule has 0 aliphatic carbocycles. The lowest BCUT2D eigenvalue weighted by Gasteiger charge is -2.15. The monoisotopic (exact) mass is 283 g/mol. The zero-order valence-electron chi connectivity index (χ0n) is 12.5. The number of para-hydroxylation sites is 1. The molecule has 0 saturated heterocycles. The van der Waals surface area contributed by atoms with Gasteiger partial charge in [-0.2, -0.15) is 0 Å². The Morgan fingerprint density at radius 3 is 2.57 bits per heavy atom. The summed E-state index contributed by atoms with van der Waals surface area (Å²) in [5, 5.41) is 0. The Labute approximate surface area is 121 Å². The predicted octanol–water partition coefficient (Wildman–Crippen LogP) is 2.00. The van der Waals surface area contributed by atoms with Gasteiger partial charge in [-0.05, 0) is 25.5 Å². The molecule has 21 heavy (non-hydrogen) atoms. The summed E-state index contributed by atoms with van der Waals surface area (Å²) in [5.74, 6) is 0.656. The SMILES string of the molecule is Cc1nc(N(C)C)nc(-c2cccc3[nH]c(=O)[nH]c23)c1C. The summed E-state index contributed by atoms with van der Waals surface area (Å²) in [6.07, 6.45) is 0. The van der Waals surface area contributed by atoms with E-state index in [9.17, 15) is 4.79 Å². The Bertz CT molecular complexity index is 875. The second-order valence-corrected chi connectivity index (χ2v) is 5.28. The van der Waals surface area contributed by atoms with Crippen LogP contribution >= 0.6 is 0 Å². The van der Waals surface area contributed by atoms with Crippen molar-refractivity contribution in [2.24, 2.45) is 0 Å². The molecular formula is C15H17N5O. The fourth-order valence-electron chi connectivity index (χ4n) is 2.33. The zero-order chi connectivity index (χ0) is 15.1. The molecule has 1 aromatic carbocycles. The first-order chi connectivity index (χ1) is 9.97. The van der Waals surface area contributed by atoms with Crippen LogP contribution in [-0.4, -0.2) is 34.0 Å². The van der Waals surface area contributed by atoms with E-state index in [0.717, 1.165) is 33.5 Å². The van der Waals surface area contributed by atoms with Crippen molar-refractivity contribution in [1.82, 2.24) is 19.9 Å². The summed E-state index contributed by atoms with van der Waals surface area (Å²) in [5.41, 5.74) is 5.01. The summed E-state index contributed by atoms with van der Waals surface area (Å²) < 4.78 is 0. The summed E-state index contributed by atoms with van der Waals surface area (Å²) in [6, 6.07) is 5.74. The van der Waals surface area contributed by atoms with E-state index < -0.39 is 0 Å². The third-order valence-corrected chi connectivity index (χ3v) is 3.58. The van der Waals surface area contributed by atoms with E-state index in [1.807, 2.05) is 51.0 Å². The van der Waals surface area contributed by atoms with E-state index in [1.165, 1.54) is 0 Å². The van der Waals surface area contributed by atoms with Crippen LogP contribution in [0.4, 0.5) is 5.95 Å². The van der Waals surface area contributed by atoms with Crippen molar-refractivity contribution in [3.63, 3.8) is 0 Å². The van der Waals surface area contributed by atoms with Crippen molar-refractivity contribution in [3.05, 3.63) is 39.9 Å². The third-order valence-electron chi connectivity index (χ3n) is 3.58. The number of fused-ring (bicyclic) bond motifs is 1. The van der Waals surface area contributed by atoms with Gasteiger partial charge >= 0.3 is 5.69 Å². The van der Waals surface area contributed by atoms with Crippen LogP contribution in [0.2, 0.25) is 0 Å². The number of H-pyrrole nitrogens is 2. The Kier molecular flexibility index (Phi) is 3.01. The van der Waals surface area contributed by atoms with Crippen molar-refractivity contribution >= 4 is 17.0 Å². The van der Waals surface area contributed by atoms with E-state index in [-0.39, 0.29) is 5.69 Å². The number of anilines is 1. The van der Waals surface area contributed by atoms with Crippen molar-refractivity contribution in [1.29, 1.82) is 0 Å². The normalized spacial score (nSPS) is 11.0. The second kappa shape index (κ2) is 4.73. The molecule has 0 radical (unpaired) electrons. The molecule has 0 unspecified atom stereocenters. The first kappa shape index (κ1) is 13.4. The number of hydrogen-bond acceptors (Lipinski definition) is 4. The highest BCUT2D eigenvalue weighted by Crippen LogP contribution is 2.29. The van der Waals surface area contributed by atoms with Gasteiger partial charge in [0, 0.05) is 25.4 Å². The molecule has 0 atom stereocenters. The molecule has 0 aliphatic heterocycles. The average molecular weight is 283 g/mol. The fourth-order valence-corrected chi connectivity index (χ4v) is 2.33. The van der Waals surface area contributed by atoms with Gasteiger partial charge in [0.1, 0.15) is 0 Å². The molecule has 0 saturated carbocycles. The van der Waals surface area contributed by atoms with Gasteiger partial charge in [-0.15, -0.1) is 0 Å². The Morgan fingerprint density at radius 1 is 1.10 bits per heavy atom. The number of aromatic amines is 2. The zero-order valence-corrected chi connectivity index (χ0v) is 12.5. The van der Waals surface area contributed by atoms with Crippen LogP contribution in [0, 0.1) is 13.8 Å². The molecule has 3 rings (SSSR count). The summed E-state index contributed by atoms with van der Waals surface area (Å²) in [6.45, 7) is 3.96. The van der Waals surface area contributed by atoms with Gasteiger partial charge in [0.15, 0.2) is 0 Å². The molecule has 2 aromatic heterocycles. The minimum atomic E-state index is -0.214. The maximum atomic E-state index is 11.5.